The Morgan fingerprint density at radius 2 is 1.91 bits per heavy atom. The summed E-state index contributed by atoms with van der Waals surface area (Å²) >= 11 is 12.4. The van der Waals surface area contributed by atoms with Gasteiger partial charge in [0.05, 0.1) is 5.02 Å². The van der Waals surface area contributed by atoms with Crippen molar-refractivity contribution in [1.29, 1.82) is 0 Å². The van der Waals surface area contributed by atoms with Crippen molar-refractivity contribution in [2.75, 3.05) is 11.4 Å². The third-order valence-corrected chi connectivity index (χ3v) is 4.73. The molecule has 1 aliphatic rings. The Hall–Kier alpha value is -1.10. The van der Waals surface area contributed by atoms with Crippen molar-refractivity contribution in [3.05, 3.63) is 45.9 Å². The van der Waals surface area contributed by atoms with Crippen LogP contribution in [0.15, 0.2) is 30.3 Å². The van der Waals surface area contributed by atoms with Crippen molar-refractivity contribution in [3.8, 4) is 11.5 Å². The second-order valence-electron chi connectivity index (χ2n) is 5.79. The highest BCUT2D eigenvalue weighted by Crippen LogP contribution is 2.46. The van der Waals surface area contributed by atoms with E-state index in [0.717, 1.165) is 36.3 Å². The van der Waals surface area contributed by atoms with Crippen molar-refractivity contribution in [2.45, 2.75) is 19.8 Å². The van der Waals surface area contributed by atoms with Crippen LogP contribution in [0.5, 0.6) is 11.5 Å². The Morgan fingerprint density at radius 3 is 2.61 bits per heavy atom. The molecule has 3 nitrogen and oxygen atoms in total. The minimum Gasteiger partial charge on any atom is -0.504 e. The van der Waals surface area contributed by atoms with Gasteiger partial charge < -0.3 is 15.1 Å². The van der Waals surface area contributed by atoms with Gasteiger partial charge in [0.1, 0.15) is 0 Å². The summed E-state index contributed by atoms with van der Waals surface area (Å²) in [5.74, 6) is -0.00178. The number of phenols is 2. The van der Waals surface area contributed by atoms with E-state index in [0.29, 0.717) is 10.9 Å². The van der Waals surface area contributed by atoms with E-state index in [1.807, 2.05) is 24.3 Å². The first-order valence-electron chi connectivity index (χ1n) is 7.23. The lowest BCUT2D eigenvalue weighted by Crippen LogP contribution is -2.22. The first-order chi connectivity index (χ1) is 10.5. The molecule has 0 spiro atoms. The smallest absolute Gasteiger partial charge is 0.176 e. The zero-order valence-electron chi connectivity index (χ0n) is 12.6. The second kappa shape index (κ2) is 7.20. The number of phenolic OH excluding ortho intramolecular Hbond substituents is 2. The summed E-state index contributed by atoms with van der Waals surface area (Å²) in [5, 5.41) is 20.7. The van der Waals surface area contributed by atoms with E-state index in [1.165, 1.54) is 0 Å². The molecule has 3 rings (SSSR count). The fourth-order valence-corrected chi connectivity index (χ4v) is 3.38. The van der Waals surface area contributed by atoms with Crippen molar-refractivity contribution in [3.63, 3.8) is 0 Å². The van der Waals surface area contributed by atoms with Crippen LogP contribution in [0.1, 0.15) is 18.9 Å². The minimum atomic E-state index is -0.249. The highest BCUT2D eigenvalue weighted by molar-refractivity contribution is 8.93. The number of benzene rings is 2. The summed E-state index contributed by atoms with van der Waals surface area (Å²) in [6, 6.07) is 9.17. The molecule has 0 saturated heterocycles. The Bertz CT molecular complexity index is 724. The maximum Gasteiger partial charge on any atom is 0.176 e. The number of hydrogen-bond donors (Lipinski definition) is 2. The molecule has 1 unspecified atom stereocenters. The maximum absolute atomic E-state index is 9.95. The molecule has 2 N–H and O–H groups in total. The van der Waals surface area contributed by atoms with Gasteiger partial charge in [-0.05, 0) is 42.5 Å². The van der Waals surface area contributed by atoms with E-state index in [9.17, 15) is 10.2 Å². The summed E-state index contributed by atoms with van der Waals surface area (Å²) < 4.78 is 0. The van der Waals surface area contributed by atoms with Crippen LogP contribution in [0.4, 0.5) is 11.4 Å². The number of halogens is 3. The monoisotopic (exact) mass is 417 g/mol. The van der Waals surface area contributed by atoms with Crippen LogP contribution in [0, 0.1) is 5.92 Å². The largest absolute Gasteiger partial charge is 0.504 e. The molecule has 124 valence electrons. The van der Waals surface area contributed by atoms with Crippen molar-refractivity contribution in [2.24, 2.45) is 5.92 Å². The zero-order chi connectivity index (χ0) is 15.9. The van der Waals surface area contributed by atoms with Gasteiger partial charge >= 0.3 is 0 Å². The zero-order valence-corrected chi connectivity index (χ0v) is 15.8. The van der Waals surface area contributed by atoms with Crippen LogP contribution in [0.3, 0.4) is 0 Å². The number of nitrogens with zero attached hydrogens (tertiary/aromatic N) is 1. The average Bonchev–Trinajstić information content (AvgIpc) is 2.65. The van der Waals surface area contributed by atoms with Gasteiger partial charge in [0, 0.05) is 29.0 Å². The summed E-state index contributed by atoms with van der Waals surface area (Å²) in [6.45, 7) is 2.98. The third-order valence-electron chi connectivity index (χ3n) is 4.09. The molecule has 0 aromatic heterocycles. The van der Waals surface area contributed by atoms with Crippen molar-refractivity contribution in [1.82, 2.24) is 0 Å². The second-order valence-corrected chi connectivity index (χ2v) is 6.60. The topological polar surface area (TPSA) is 43.7 Å². The Morgan fingerprint density at radius 1 is 1.17 bits per heavy atom. The van der Waals surface area contributed by atoms with Crippen LogP contribution < -0.4 is 4.90 Å². The average molecular weight is 419 g/mol. The normalized spacial score (nSPS) is 17.2. The molecule has 0 aliphatic carbocycles. The van der Waals surface area contributed by atoms with Crippen molar-refractivity contribution >= 4 is 51.6 Å². The molecule has 0 radical (unpaired) electrons. The molecule has 6 heteroatoms. The summed E-state index contributed by atoms with van der Waals surface area (Å²) in [6.07, 6.45) is 1.73. The molecule has 1 aliphatic heterocycles. The first kappa shape index (κ1) is 18.2. The molecule has 0 saturated carbocycles. The number of fused-ring (bicyclic) bond motifs is 1. The molecule has 23 heavy (non-hydrogen) atoms. The molecular formula is C17H18BrCl2NO2. The number of rotatable bonds is 1. The van der Waals surface area contributed by atoms with Gasteiger partial charge in [0.25, 0.3) is 0 Å². The lowest BCUT2D eigenvalue weighted by Gasteiger charge is -2.27. The molecule has 1 heterocycles. The Labute approximate surface area is 156 Å². The highest BCUT2D eigenvalue weighted by Gasteiger charge is 2.25. The molecule has 2 aromatic rings. The summed E-state index contributed by atoms with van der Waals surface area (Å²) in [4.78, 5) is 2.10. The molecule has 0 bridgehead atoms. The SMILES string of the molecule is Br.CC1CCc2c(cc(O)c(O)c2Cl)N(c2cccc(Cl)c2)C1. The van der Waals surface area contributed by atoms with Gasteiger partial charge in [-0.2, -0.15) is 0 Å². The van der Waals surface area contributed by atoms with Crippen LogP contribution >= 0.6 is 40.2 Å². The first-order valence-corrected chi connectivity index (χ1v) is 7.99. The van der Waals surface area contributed by atoms with E-state index in [1.54, 1.807) is 6.07 Å². The fourth-order valence-electron chi connectivity index (χ4n) is 2.91. The fraction of sp³-hybridized carbons (Fsp3) is 0.294. The van der Waals surface area contributed by atoms with E-state index in [-0.39, 0.29) is 33.5 Å². The molecule has 0 fully saturated rings. The summed E-state index contributed by atoms with van der Waals surface area (Å²) in [7, 11) is 0. The highest BCUT2D eigenvalue weighted by atomic mass is 79.9. The van der Waals surface area contributed by atoms with Gasteiger partial charge in [-0.1, -0.05) is 36.2 Å². The van der Waals surface area contributed by atoms with E-state index in [4.69, 9.17) is 23.2 Å². The number of aromatic hydroxyl groups is 2. The predicted octanol–water partition coefficient (Wildman–Crippen LogP) is 5.70. The third kappa shape index (κ3) is 3.54. The number of anilines is 2. The molecule has 2 aromatic carbocycles. The Balaban J connectivity index is 0.00000192. The van der Waals surface area contributed by atoms with Crippen LogP contribution in [-0.2, 0) is 6.42 Å². The maximum atomic E-state index is 9.95. The number of hydrogen-bond acceptors (Lipinski definition) is 3. The van der Waals surface area contributed by atoms with Crippen LogP contribution in [0.25, 0.3) is 0 Å². The van der Waals surface area contributed by atoms with Crippen molar-refractivity contribution < 1.29 is 10.2 Å². The minimum absolute atomic E-state index is 0. The van der Waals surface area contributed by atoms with Gasteiger partial charge in [-0.15, -0.1) is 17.0 Å². The van der Waals surface area contributed by atoms with Gasteiger partial charge in [-0.25, -0.2) is 0 Å². The van der Waals surface area contributed by atoms with Crippen LogP contribution in [-0.4, -0.2) is 16.8 Å². The van der Waals surface area contributed by atoms with E-state index >= 15 is 0 Å². The molecular weight excluding hydrogens is 401 g/mol. The Kier molecular flexibility index (Phi) is 5.71. The van der Waals surface area contributed by atoms with Gasteiger partial charge in [-0.3, -0.25) is 0 Å². The lowest BCUT2D eigenvalue weighted by molar-refractivity contribution is 0.403. The summed E-state index contributed by atoms with van der Waals surface area (Å²) in [5.41, 5.74) is 2.64. The van der Waals surface area contributed by atoms with Gasteiger partial charge in [0.15, 0.2) is 11.5 Å². The molecule has 1 atom stereocenters. The predicted molar refractivity (Wildman–Crippen MR) is 101 cm³/mol. The van der Waals surface area contributed by atoms with Gasteiger partial charge in [0.2, 0.25) is 0 Å². The lowest BCUT2D eigenvalue weighted by atomic mass is 10.0. The van der Waals surface area contributed by atoms with Crippen LogP contribution in [0.2, 0.25) is 10.0 Å². The van der Waals surface area contributed by atoms with E-state index < -0.39 is 0 Å². The standard InChI is InChI=1S/C17H17Cl2NO2.BrH/c1-10-5-6-13-14(8-15(21)17(22)16(13)19)20(9-10)12-4-2-3-11(18)7-12;/h2-4,7-8,10,21-22H,5-6,9H2,1H3;1H. The van der Waals surface area contributed by atoms with E-state index in [2.05, 4.69) is 11.8 Å². The molecule has 0 amide bonds. The quantitative estimate of drug-likeness (QED) is 0.583.